The minimum Gasteiger partial charge on any atom is -0.489 e. The molecule has 3 aromatic rings. The number of hydrogen-bond acceptors (Lipinski definition) is 4. The standard InChI is InChI=1S/C24H22ClN3O3/c1-16-6-3-4-7-19(16)15-31-22-12-10-18(11-13-22)17(2)27-28-24(30)23(29)26-21-9-5-8-20(25)14-21/h3-14H,15H2,1-2H3,(H,26,29)(H,28,30)/b27-17+. The molecule has 0 fully saturated rings. The third-order valence-electron chi connectivity index (χ3n) is 4.54. The Hall–Kier alpha value is -3.64. The van der Waals surface area contributed by atoms with E-state index in [0.717, 1.165) is 16.9 Å². The predicted octanol–water partition coefficient (Wildman–Crippen LogP) is 4.71. The van der Waals surface area contributed by atoms with Crippen LogP contribution in [0.2, 0.25) is 5.02 Å². The topological polar surface area (TPSA) is 79.8 Å². The summed E-state index contributed by atoms with van der Waals surface area (Å²) in [5.41, 5.74) is 6.33. The Kier molecular flexibility index (Phi) is 7.40. The van der Waals surface area contributed by atoms with Gasteiger partial charge in [-0.1, -0.05) is 41.9 Å². The third-order valence-corrected chi connectivity index (χ3v) is 4.78. The quantitative estimate of drug-likeness (QED) is 0.334. The van der Waals surface area contributed by atoms with Crippen LogP contribution in [0.15, 0.2) is 77.9 Å². The molecule has 31 heavy (non-hydrogen) atoms. The van der Waals surface area contributed by atoms with Crippen molar-refractivity contribution < 1.29 is 14.3 Å². The number of halogens is 1. The van der Waals surface area contributed by atoms with E-state index in [0.29, 0.717) is 23.0 Å². The Balaban J connectivity index is 1.54. The van der Waals surface area contributed by atoms with Gasteiger partial charge in [-0.2, -0.15) is 5.10 Å². The molecule has 0 unspecified atom stereocenters. The zero-order valence-electron chi connectivity index (χ0n) is 17.2. The molecule has 3 aromatic carbocycles. The number of nitrogens with one attached hydrogen (secondary N) is 2. The molecule has 0 saturated heterocycles. The highest BCUT2D eigenvalue weighted by Crippen LogP contribution is 2.17. The molecule has 2 N–H and O–H groups in total. The van der Waals surface area contributed by atoms with Crippen molar-refractivity contribution in [1.82, 2.24) is 5.43 Å². The third kappa shape index (κ3) is 6.42. The van der Waals surface area contributed by atoms with Crippen LogP contribution in [-0.2, 0) is 16.2 Å². The summed E-state index contributed by atoms with van der Waals surface area (Å²) in [7, 11) is 0. The maximum absolute atomic E-state index is 12.0. The molecular weight excluding hydrogens is 414 g/mol. The van der Waals surface area contributed by atoms with Gasteiger partial charge < -0.3 is 10.1 Å². The molecule has 7 heteroatoms. The van der Waals surface area contributed by atoms with Gasteiger partial charge in [-0.05, 0) is 73.0 Å². The smallest absolute Gasteiger partial charge is 0.329 e. The van der Waals surface area contributed by atoms with E-state index in [9.17, 15) is 9.59 Å². The second-order valence-electron chi connectivity index (χ2n) is 6.84. The highest BCUT2D eigenvalue weighted by molar-refractivity contribution is 6.39. The predicted molar refractivity (Wildman–Crippen MR) is 122 cm³/mol. The van der Waals surface area contributed by atoms with Gasteiger partial charge in [0.2, 0.25) is 0 Å². The zero-order valence-corrected chi connectivity index (χ0v) is 17.9. The highest BCUT2D eigenvalue weighted by Gasteiger charge is 2.13. The molecule has 0 radical (unpaired) electrons. The molecule has 0 aliphatic heterocycles. The van der Waals surface area contributed by atoms with Crippen LogP contribution < -0.4 is 15.5 Å². The van der Waals surface area contributed by atoms with Crippen molar-refractivity contribution in [3.05, 3.63) is 94.5 Å². The van der Waals surface area contributed by atoms with Gasteiger partial charge in [-0.3, -0.25) is 9.59 Å². The van der Waals surface area contributed by atoms with Crippen LogP contribution in [0, 0.1) is 6.92 Å². The van der Waals surface area contributed by atoms with Crippen molar-refractivity contribution >= 4 is 34.8 Å². The van der Waals surface area contributed by atoms with Gasteiger partial charge >= 0.3 is 11.8 Å². The fraction of sp³-hybridized carbons (Fsp3) is 0.125. The van der Waals surface area contributed by atoms with Crippen molar-refractivity contribution in [3.63, 3.8) is 0 Å². The van der Waals surface area contributed by atoms with Gasteiger partial charge in [-0.25, -0.2) is 5.43 Å². The van der Waals surface area contributed by atoms with Gasteiger partial charge in [0.1, 0.15) is 12.4 Å². The number of benzene rings is 3. The van der Waals surface area contributed by atoms with Crippen molar-refractivity contribution in [2.75, 3.05) is 5.32 Å². The van der Waals surface area contributed by atoms with Crippen LogP contribution in [0.25, 0.3) is 0 Å². The monoisotopic (exact) mass is 435 g/mol. The second kappa shape index (κ2) is 10.4. The molecule has 0 saturated carbocycles. The molecule has 6 nitrogen and oxygen atoms in total. The number of carbonyl (C=O) groups is 2. The number of hydrazone groups is 1. The number of carbonyl (C=O) groups excluding carboxylic acids is 2. The van der Waals surface area contributed by atoms with E-state index >= 15 is 0 Å². The summed E-state index contributed by atoms with van der Waals surface area (Å²) in [6.07, 6.45) is 0. The number of nitrogens with zero attached hydrogens (tertiary/aromatic N) is 1. The molecule has 3 rings (SSSR count). The van der Waals surface area contributed by atoms with Gasteiger partial charge in [0.05, 0.1) is 5.71 Å². The number of ether oxygens (including phenoxy) is 1. The molecule has 0 spiro atoms. The summed E-state index contributed by atoms with van der Waals surface area (Å²) in [6.45, 7) is 4.26. The van der Waals surface area contributed by atoms with E-state index in [1.807, 2.05) is 55.5 Å². The SMILES string of the molecule is C/C(=N\NC(=O)C(=O)Nc1cccc(Cl)c1)c1ccc(OCc2ccccc2C)cc1. The molecular formula is C24H22ClN3O3. The van der Waals surface area contributed by atoms with E-state index < -0.39 is 11.8 Å². The molecule has 0 atom stereocenters. The van der Waals surface area contributed by atoms with Gasteiger partial charge in [0, 0.05) is 10.7 Å². The lowest BCUT2D eigenvalue weighted by atomic mass is 10.1. The van der Waals surface area contributed by atoms with Crippen molar-refractivity contribution in [2.45, 2.75) is 20.5 Å². The molecule has 0 bridgehead atoms. The Morgan fingerprint density at radius 3 is 2.42 bits per heavy atom. The number of rotatable bonds is 6. The van der Waals surface area contributed by atoms with E-state index in [-0.39, 0.29) is 0 Å². The van der Waals surface area contributed by atoms with E-state index in [1.165, 1.54) is 5.56 Å². The summed E-state index contributed by atoms with van der Waals surface area (Å²) in [6, 6.07) is 21.9. The van der Waals surface area contributed by atoms with Crippen LogP contribution in [0.4, 0.5) is 5.69 Å². The Bertz CT molecular complexity index is 1110. The second-order valence-corrected chi connectivity index (χ2v) is 7.28. The first-order valence-corrected chi connectivity index (χ1v) is 9.99. The van der Waals surface area contributed by atoms with E-state index in [2.05, 4.69) is 15.8 Å². The van der Waals surface area contributed by atoms with Crippen LogP contribution in [0.1, 0.15) is 23.6 Å². The van der Waals surface area contributed by atoms with Gasteiger partial charge in [0.25, 0.3) is 0 Å². The minimum absolute atomic E-state index is 0.426. The highest BCUT2D eigenvalue weighted by atomic mass is 35.5. The molecule has 0 aliphatic carbocycles. The molecule has 2 amide bonds. The van der Waals surface area contributed by atoms with Crippen LogP contribution in [0.5, 0.6) is 5.75 Å². The van der Waals surface area contributed by atoms with E-state index in [4.69, 9.17) is 16.3 Å². The summed E-state index contributed by atoms with van der Waals surface area (Å²) in [5.74, 6) is -0.985. The largest absolute Gasteiger partial charge is 0.489 e. The lowest BCUT2D eigenvalue weighted by molar-refractivity contribution is -0.136. The van der Waals surface area contributed by atoms with Gasteiger partial charge in [-0.15, -0.1) is 0 Å². The van der Waals surface area contributed by atoms with Crippen LogP contribution in [-0.4, -0.2) is 17.5 Å². The lowest BCUT2D eigenvalue weighted by Gasteiger charge is -2.09. The first-order valence-electron chi connectivity index (χ1n) is 9.61. The molecule has 0 heterocycles. The van der Waals surface area contributed by atoms with Crippen molar-refractivity contribution in [1.29, 1.82) is 0 Å². The molecule has 0 aromatic heterocycles. The fourth-order valence-electron chi connectivity index (χ4n) is 2.73. The maximum Gasteiger partial charge on any atom is 0.329 e. The molecule has 158 valence electrons. The average molecular weight is 436 g/mol. The van der Waals surface area contributed by atoms with Crippen LogP contribution >= 0.6 is 11.6 Å². The normalized spacial score (nSPS) is 11.0. The molecule has 0 aliphatic rings. The first-order chi connectivity index (χ1) is 14.9. The Morgan fingerprint density at radius 1 is 0.968 bits per heavy atom. The Morgan fingerprint density at radius 2 is 1.71 bits per heavy atom. The zero-order chi connectivity index (χ0) is 22.2. The summed E-state index contributed by atoms with van der Waals surface area (Å²) in [5, 5.41) is 6.92. The average Bonchev–Trinajstić information content (AvgIpc) is 2.77. The van der Waals surface area contributed by atoms with Gasteiger partial charge in [0.15, 0.2) is 0 Å². The lowest BCUT2D eigenvalue weighted by Crippen LogP contribution is -2.32. The Labute approximate surface area is 185 Å². The summed E-state index contributed by atoms with van der Waals surface area (Å²) in [4.78, 5) is 24.0. The van der Waals surface area contributed by atoms with Crippen molar-refractivity contribution in [3.8, 4) is 5.75 Å². The number of anilines is 1. The van der Waals surface area contributed by atoms with E-state index in [1.54, 1.807) is 31.2 Å². The van der Waals surface area contributed by atoms with Crippen LogP contribution in [0.3, 0.4) is 0 Å². The number of amides is 2. The minimum atomic E-state index is -0.877. The van der Waals surface area contributed by atoms with Crippen molar-refractivity contribution in [2.24, 2.45) is 5.10 Å². The first kappa shape index (κ1) is 22.1. The summed E-state index contributed by atoms with van der Waals surface area (Å²) >= 11 is 5.86. The number of aryl methyl sites for hydroxylation is 1. The fourth-order valence-corrected chi connectivity index (χ4v) is 2.92. The maximum atomic E-state index is 12.0. The number of hydrogen-bond donors (Lipinski definition) is 2. The summed E-state index contributed by atoms with van der Waals surface area (Å²) < 4.78 is 5.83.